The summed E-state index contributed by atoms with van der Waals surface area (Å²) >= 11 is 3.41. The van der Waals surface area contributed by atoms with Crippen LogP contribution < -0.4 is 9.47 Å². The Morgan fingerprint density at radius 2 is 2.00 bits per heavy atom. The molecule has 1 aromatic carbocycles. The van der Waals surface area contributed by atoms with Gasteiger partial charge in [0, 0.05) is 12.0 Å². The number of rotatable bonds is 2. The molecule has 0 amide bonds. The molecule has 15 heavy (non-hydrogen) atoms. The molecule has 1 N–H and O–H groups in total. The molecule has 2 aliphatic rings. The summed E-state index contributed by atoms with van der Waals surface area (Å²) in [6.07, 6.45) is 2.43. The molecule has 80 valence electrons. The van der Waals surface area contributed by atoms with Crippen LogP contribution in [-0.4, -0.2) is 17.5 Å². The minimum atomic E-state index is -0.493. The molecule has 0 radical (unpaired) electrons. The average molecular weight is 271 g/mol. The van der Waals surface area contributed by atoms with Crippen molar-refractivity contribution in [1.29, 1.82) is 0 Å². The van der Waals surface area contributed by atoms with Gasteiger partial charge in [0.25, 0.3) is 0 Å². The molecule has 0 unspecified atom stereocenters. The van der Waals surface area contributed by atoms with Crippen LogP contribution in [0.4, 0.5) is 0 Å². The summed E-state index contributed by atoms with van der Waals surface area (Å²) in [6, 6.07) is 3.92. The number of hydrogen-bond acceptors (Lipinski definition) is 3. The number of aliphatic hydroxyl groups is 1. The van der Waals surface area contributed by atoms with Gasteiger partial charge in [-0.3, -0.25) is 0 Å². The smallest absolute Gasteiger partial charge is 0.231 e. The standard InChI is InChI=1S/C11H11BrO3/c12-8-2-1-7(5-11(13)3-4-11)9-10(8)15-6-14-9/h1-2,13H,3-6H2. The van der Waals surface area contributed by atoms with E-state index in [2.05, 4.69) is 15.9 Å². The molecular weight excluding hydrogens is 260 g/mol. The van der Waals surface area contributed by atoms with E-state index in [9.17, 15) is 5.11 Å². The van der Waals surface area contributed by atoms with Gasteiger partial charge in [-0.25, -0.2) is 0 Å². The van der Waals surface area contributed by atoms with E-state index in [4.69, 9.17) is 9.47 Å². The first-order valence-corrected chi connectivity index (χ1v) is 5.77. The third kappa shape index (κ3) is 1.62. The predicted molar refractivity (Wildman–Crippen MR) is 58.2 cm³/mol. The van der Waals surface area contributed by atoms with Crippen molar-refractivity contribution in [2.75, 3.05) is 6.79 Å². The van der Waals surface area contributed by atoms with Gasteiger partial charge in [-0.2, -0.15) is 0 Å². The molecule has 1 aliphatic carbocycles. The van der Waals surface area contributed by atoms with Gasteiger partial charge in [-0.1, -0.05) is 6.07 Å². The molecule has 0 spiro atoms. The summed E-state index contributed by atoms with van der Waals surface area (Å²) in [5.41, 5.74) is 0.541. The highest BCUT2D eigenvalue weighted by molar-refractivity contribution is 9.10. The first-order valence-electron chi connectivity index (χ1n) is 4.97. The highest BCUT2D eigenvalue weighted by Gasteiger charge is 2.41. The van der Waals surface area contributed by atoms with Crippen molar-refractivity contribution in [2.24, 2.45) is 0 Å². The Morgan fingerprint density at radius 1 is 1.27 bits per heavy atom. The number of hydrogen-bond donors (Lipinski definition) is 1. The molecule has 0 bridgehead atoms. The monoisotopic (exact) mass is 270 g/mol. The summed E-state index contributed by atoms with van der Waals surface area (Å²) in [5.74, 6) is 1.54. The predicted octanol–water partition coefficient (Wildman–Crippen LogP) is 2.25. The molecule has 0 atom stereocenters. The number of fused-ring (bicyclic) bond motifs is 1. The maximum absolute atomic E-state index is 9.87. The van der Waals surface area contributed by atoms with Gasteiger partial charge in [-0.05, 0) is 34.8 Å². The lowest BCUT2D eigenvalue weighted by Crippen LogP contribution is -2.11. The van der Waals surface area contributed by atoms with Gasteiger partial charge in [-0.15, -0.1) is 0 Å². The van der Waals surface area contributed by atoms with Crippen LogP contribution in [0.2, 0.25) is 0 Å². The van der Waals surface area contributed by atoms with Crippen molar-refractivity contribution in [3.63, 3.8) is 0 Å². The van der Waals surface area contributed by atoms with E-state index < -0.39 is 5.60 Å². The first-order chi connectivity index (χ1) is 7.18. The second kappa shape index (κ2) is 3.12. The van der Waals surface area contributed by atoms with Crippen molar-refractivity contribution in [3.8, 4) is 11.5 Å². The Bertz CT molecular complexity index is 413. The lowest BCUT2D eigenvalue weighted by Gasteiger charge is -2.10. The number of benzene rings is 1. The van der Waals surface area contributed by atoms with E-state index in [-0.39, 0.29) is 6.79 Å². The average Bonchev–Trinajstić information content (AvgIpc) is 2.77. The van der Waals surface area contributed by atoms with E-state index in [1.807, 2.05) is 12.1 Å². The van der Waals surface area contributed by atoms with E-state index in [0.29, 0.717) is 6.42 Å². The summed E-state index contributed by atoms with van der Waals surface area (Å²) in [4.78, 5) is 0. The lowest BCUT2D eigenvalue weighted by atomic mass is 10.1. The Morgan fingerprint density at radius 3 is 2.73 bits per heavy atom. The zero-order chi connectivity index (χ0) is 10.5. The zero-order valence-corrected chi connectivity index (χ0v) is 9.71. The fourth-order valence-electron chi connectivity index (χ4n) is 1.83. The van der Waals surface area contributed by atoms with Crippen LogP contribution in [0.5, 0.6) is 11.5 Å². The van der Waals surface area contributed by atoms with E-state index in [0.717, 1.165) is 34.4 Å². The van der Waals surface area contributed by atoms with Gasteiger partial charge in [0.2, 0.25) is 6.79 Å². The maximum Gasteiger partial charge on any atom is 0.231 e. The third-order valence-corrected chi connectivity index (χ3v) is 3.52. The van der Waals surface area contributed by atoms with Gasteiger partial charge >= 0.3 is 0 Å². The van der Waals surface area contributed by atoms with Crippen LogP contribution >= 0.6 is 15.9 Å². The van der Waals surface area contributed by atoms with Gasteiger partial charge in [0.05, 0.1) is 10.1 Å². The highest BCUT2D eigenvalue weighted by Crippen LogP contribution is 2.46. The van der Waals surface area contributed by atoms with Crippen molar-refractivity contribution in [3.05, 3.63) is 22.2 Å². The number of ether oxygens (including phenoxy) is 2. The molecule has 3 nitrogen and oxygen atoms in total. The van der Waals surface area contributed by atoms with E-state index in [1.54, 1.807) is 0 Å². The Labute approximate surface area is 96.1 Å². The Kier molecular flexibility index (Phi) is 1.97. The van der Waals surface area contributed by atoms with Crippen molar-refractivity contribution in [1.82, 2.24) is 0 Å². The molecule has 3 rings (SSSR count). The first kappa shape index (κ1) is 9.48. The highest BCUT2D eigenvalue weighted by atomic mass is 79.9. The van der Waals surface area contributed by atoms with Gasteiger partial charge in [0.15, 0.2) is 11.5 Å². The normalized spacial score (nSPS) is 20.4. The zero-order valence-electron chi connectivity index (χ0n) is 8.12. The van der Waals surface area contributed by atoms with Gasteiger partial charge < -0.3 is 14.6 Å². The quantitative estimate of drug-likeness (QED) is 0.896. The summed E-state index contributed by atoms with van der Waals surface area (Å²) < 4.78 is 11.7. The molecule has 1 heterocycles. The number of halogens is 1. The van der Waals surface area contributed by atoms with Crippen LogP contribution in [0.15, 0.2) is 16.6 Å². The van der Waals surface area contributed by atoms with Crippen molar-refractivity contribution >= 4 is 15.9 Å². The second-order valence-electron chi connectivity index (χ2n) is 4.17. The van der Waals surface area contributed by atoms with Crippen molar-refractivity contribution < 1.29 is 14.6 Å². The molecule has 1 saturated carbocycles. The molecule has 1 fully saturated rings. The summed E-state index contributed by atoms with van der Waals surface area (Å²) in [5, 5.41) is 9.87. The minimum Gasteiger partial charge on any atom is -0.453 e. The summed E-state index contributed by atoms with van der Waals surface area (Å²) in [6.45, 7) is 0.267. The summed E-state index contributed by atoms with van der Waals surface area (Å²) in [7, 11) is 0. The lowest BCUT2D eigenvalue weighted by molar-refractivity contribution is 0.147. The van der Waals surface area contributed by atoms with E-state index in [1.165, 1.54) is 0 Å². The minimum absolute atomic E-state index is 0.267. The van der Waals surface area contributed by atoms with E-state index >= 15 is 0 Å². The van der Waals surface area contributed by atoms with Crippen LogP contribution in [0.3, 0.4) is 0 Å². The van der Waals surface area contributed by atoms with Crippen LogP contribution in [-0.2, 0) is 6.42 Å². The largest absolute Gasteiger partial charge is 0.453 e. The maximum atomic E-state index is 9.87. The van der Waals surface area contributed by atoms with Gasteiger partial charge in [0.1, 0.15) is 0 Å². The molecule has 0 aromatic heterocycles. The topological polar surface area (TPSA) is 38.7 Å². The Hall–Kier alpha value is -0.740. The molecular formula is C11H11BrO3. The second-order valence-corrected chi connectivity index (χ2v) is 5.03. The third-order valence-electron chi connectivity index (χ3n) is 2.90. The van der Waals surface area contributed by atoms with Crippen LogP contribution in [0.1, 0.15) is 18.4 Å². The fraction of sp³-hybridized carbons (Fsp3) is 0.455. The SMILES string of the molecule is OC1(Cc2ccc(Br)c3c2OCO3)CC1. The van der Waals surface area contributed by atoms with Crippen LogP contribution in [0, 0.1) is 0 Å². The van der Waals surface area contributed by atoms with Crippen molar-refractivity contribution in [2.45, 2.75) is 24.9 Å². The molecule has 1 aliphatic heterocycles. The Balaban J connectivity index is 1.98. The molecule has 1 aromatic rings. The van der Waals surface area contributed by atoms with Crippen LogP contribution in [0.25, 0.3) is 0 Å². The molecule has 4 heteroatoms. The molecule has 0 saturated heterocycles. The fourth-order valence-corrected chi connectivity index (χ4v) is 2.26.